The van der Waals surface area contributed by atoms with Crippen molar-refractivity contribution >= 4 is 17.5 Å². The number of halogens is 1. The summed E-state index contributed by atoms with van der Waals surface area (Å²) in [6.07, 6.45) is -0.919. The van der Waals surface area contributed by atoms with Crippen molar-refractivity contribution in [2.45, 2.75) is 12.1 Å². The number of aliphatic hydroxyl groups is 1. The molecule has 7 heteroatoms. The number of anilines is 1. The second-order valence-electron chi connectivity index (χ2n) is 5.72. The molecule has 1 heterocycles. The van der Waals surface area contributed by atoms with Gasteiger partial charge in [-0.15, -0.1) is 0 Å². The number of carbonyl (C=O) groups is 2. The lowest BCUT2D eigenvalue weighted by molar-refractivity contribution is -0.133. The molecule has 2 aromatic carbocycles. The average Bonchev–Trinajstić information content (AvgIpc) is 2.62. The predicted octanol–water partition coefficient (Wildman–Crippen LogP) is 1.63. The first kappa shape index (κ1) is 17.1. The molecule has 1 aliphatic heterocycles. The van der Waals surface area contributed by atoms with E-state index >= 15 is 0 Å². The summed E-state index contributed by atoms with van der Waals surface area (Å²) in [4.78, 5) is 23.4. The highest BCUT2D eigenvalue weighted by Gasteiger charge is 2.26. The van der Waals surface area contributed by atoms with Crippen LogP contribution >= 0.6 is 0 Å². The lowest BCUT2D eigenvalue weighted by Crippen LogP contribution is -2.48. The fourth-order valence-electron chi connectivity index (χ4n) is 2.57. The smallest absolute Gasteiger partial charge is 0.255 e. The molecule has 2 amide bonds. The summed E-state index contributed by atoms with van der Waals surface area (Å²) in [5.74, 6) is -1.18. The predicted molar refractivity (Wildman–Crippen MR) is 88.5 cm³/mol. The third-order valence-electron chi connectivity index (χ3n) is 3.85. The molecule has 2 atom stereocenters. The molecule has 0 saturated carbocycles. The first-order valence-electron chi connectivity index (χ1n) is 7.75. The summed E-state index contributed by atoms with van der Waals surface area (Å²) >= 11 is 0. The van der Waals surface area contributed by atoms with Crippen molar-refractivity contribution in [2.75, 3.05) is 18.5 Å². The van der Waals surface area contributed by atoms with Crippen LogP contribution in [0.5, 0.6) is 0 Å². The average molecular weight is 344 g/mol. The zero-order chi connectivity index (χ0) is 17.8. The zero-order valence-corrected chi connectivity index (χ0v) is 13.2. The van der Waals surface area contributed by atoms with Crippen LogP contribution in [0.25, 0.3) is 0 Å². The van der Waals surface area contributed by atoms with Crippen LogP contribution in [-0.2, 0) is 9.53 Å². The van der Waals surface area contributed by atoms with Crippen LogP contribution in [0.3, 0.4) is 0 Å². The van der Waals surface area contributed by atoms with Crippen LogP contribution in [0.2, 0.25) is 0 Å². The van der Waals surface area contributed by atoms with E-state index in [0.717, 1.165) is 6.07 Å². The van der Waals surface area contributed by atoms with E-state index in [1.54, 1.807) is 24.3 Å². The van der Waals surface area contributed by atoms with Crippen molar-refractivity contribution in [3.8, 4) is 0 Å². The first-order valence-corrected chi connectivity index (χ1v) is 7.75. The highest BCUT2D eigenvalue weighted by atomic mass is 19.1. The van der Waals surface area contributed by atoms with E-state index < -0.39 is 23.9 Å². The van der Waals surface area contributed by atoms with Crippen molar-refractivity contribution in [1.82, 2.24) is 5.32 Å². The molecule has 1 aliphatic rings. The standard InChI is InChI=1S/C18H17FN2O4/c19-13-3-1-2-12(8-13)18(24)20-14-6-4-11(5-7-14)17(23)15-9-25-10-16(22)21-15/h1-8,15,17,23H,9-10H2,(H,20,24)(H,21,22)/t15-,17-/m1/s1. The summed E-state index contributed by atoms with van der Waals surface area (Å²) in [5.41, 5.74) is 1.31. The minimum atomic E-state index is -0.919. The third kappa shape index (κ3) is 4.20. The van der Waals surface area contributed by atoms with Gasteiger partial charge in [0.05, 0.1) is 12.6 Å². The number of ether oxygens (including phenoxy) is 1. The number of hydrogen-bond acceptors (Lipinski definition) is 4. The van der Waals surface area contributed by atoms with Gasteiger partial charge >= 0.3 is 0 Å². The van der Waals surface area contributed by atoms with Crippen LogP contribution in [-0.4, -0.2) is 36.2 Å². The maximum atomic E-state index is 13.2. The maximum absolute atomic E-state index is 13.2. The van der Waals surface area contributed by atoms with E-state index in [4.69, 9.17) is 4.74 Å². The minimum absolute atomic E-state index is 0.00568. The molecule has 130 valence electrons. The minimum Gasteiger partial charge on any atom is -0.386 e. The molecule has 0 aliphatic carbocycles. The largest absolute Gasteiger partial charge is 0.386 e. The van der Waals surface area contributed by atoms with E-state index in [1.165, 1.54) is 18.2 Å². The Kier molecular flexibility index (Phi) is 5.06. The van der Waals surface area contributed by atoms with E-state index in [1.807, 2.05) is 0 Å². The van der Waals surface area contributed by atoms with Crippen LogP contribution in [0.4, 0.5) is 10.1 Å². The van der Waals surface area contributed by atoms with Gasteiger partial charge in [-0.1, -0.05) is 18.2 Å². The monoisotopic (exact) mass is 344 g/mol. The van der Waals surface area contributed by atoms with Crippen LogP contribution < -0.4 is 10.6 Å². The van der Waals surface area contributed by atoms with Crippen LogP contribution in [0.15, 0.2) is 48.5 Å². The Morgan fingerprint density at radius 2 is 2.04 bits per heavy atom. The highest BCUT2D eigenvalue weighted by molar-refractivity contribution is 6.04. The third-order valence-corrected chi connectivity index (χ3v) is 3.85. The molecule has 0 radical (unpaired) electrons. The summed E-state index contributed by atoms with van der Waals surface area (Å²) in [7, 11) is 0. The highest BCUT2D eigenvalue weighted by Crippen LogP contribution is 2.21. The van der Waals surface area contributed by atoms with Gasteiger partial charge in [-0.05, 0) is 35.9 Å². The summed E-state index contributed by atoms with van der Waals surface area (Å²) in [6.45, 7) is 0.221. The number of rotatable bonds is 4. The van der Waals surface area contributed by atoms with E-state index in [-0.39, 0.29) is 24.7 Å². The fourth-order valence-corrected chi connectivity index (χ4v) is 2.57. The zero-order valence-electron chi connectivity index (χ0n) is 13.2. The molecule has 3 N–H and O–H groups in total. The molecule has 25 heavy (non-hydrogen) atoms. The van der Waals surface area contributed by atoms with Gasteiger partial charge in [0.15, 0.2) is 0 Å². The van der Waals surface area contributed by atoms with E-state index in [2.05, 4.69) is 10.6 Å². The number of aliphatic hydroxyl groups excluding tert-OH is 1. The Hall–Kier alpha value is -2.77. The van der Waals surface area contributed by atoms with Gasteiger partial charge in [0.25, 0.3) is 5.91 Å². The number of hydrogen-bond donors (Lipinski definition) is 3. The molecule has 3 rings (SSSR count). The van der Waals surface area contributed by atoms with Gasteiger partial charge < -0.3 is 20.5 Å². The number of nitrogens with one attached hydrogen (secondary N) is 2. The number of morpholine rings is 1. The SMILES string of the molecule is O=C1COC[C@H]([C@H](O)c2ccc(NC(=O)c3cccc(F)c3)cc2)N1. The molecule has 1 saturated heterocycles. The number of benzene rings is 2. The molecule has 6 nitrogen and oxygen atoms in total. The Bertz CT molecular complexity index is 779. The molecule has 0 bridgehead atoms. The van der Waals surface area contributed by atoms with Gasteiger partial charge in [0, 0.05) is 11.3 Å². The Balaban J connectivity index is 1.65. The van der Waals surface area contributed by atoms with Gasteiger partial charge in [-0.2, -0.15) is 0 Å². The molecule has 0 spiro atoms. The Morgan fingerprint density at radius 1 is 1.28 bits per heavy atom. The Morgan fingerprint density at radius 3 is 2.72 bits per heavy atom. The molecule has 1 fully saturated rings. The second-order valence-corrected chi connectivity index (χ2v) is 5.72. The maximum Gasteiger partial charge on any atom is 0.255 e. The second kappa shape index (κ2) is 7.42. The summed E-state index contributed by atoms with van der Waals surface area (Å²) in [6, 6.07) is 11.4. The molecular formula is C18H17FN2O4. The van der Waals surface area contributed by atoms with Gasteiger partial charge in [0.2, 0.25) is 5.91 Å². The normalized spacial score (nSPS) is 18.3. The molecular weight excluding hydrogens is 327 g/mol. The van der Waals surface area contributed by atoms with Crippen LogP contribution in [0.1, 0.15) is 22.0 Å². The van der Waals surface area contributed by atoms with E-state index in [9.17, 15) is 19.1 Å². The quantitative estimate of drug-likeness (QED) is 0.787. The molecule has 0 aromatic heterocycles. The fraction of sp³-hybridized carbons (Fsp3) is 0.222. The van der Waals surface area contributed by atoms with Gasteiger partial charge in [0.1, 0.15) is 18.5 Å². The van der Waals surface area contributed by atoms with Gasteiger partial charge in [-0.25, -0.2) is 4.39 Å². The summed E-state index contributed by atoms with van der Waals surface area (Å²) < 4.78 is 18.3. The van der Waals surface area contributed by atoms with Gasteiger partial charge in [-0.3, -0.25) is 9.59 Å². The number of carbonyl (C=O) groups excluding carboxylic acids is 2. The van der Waals surface area contributed by atoms with Crippen molar-refractivity contribution in [1.29, 1.82) is 0 Å². The molecule has 2 aromatic rings. The van der Waals surface area contributed by atoms with E-state index in [0.29, 0.717) is 11.3 Å². The Labute approximate surface area is 143 Å². The molecule has 0 unspecified atom stereocenters. The topological polar surface area (TPSA) is 87.7 Å². The first-order chi connectivity index (χ1) is 12.0. The number of amides is 2. The van der Waals surface area contributed by atoms with Crippen molar-refractivity contribution in [3.63, 3.8) is 0 Å². The summed E-state index contributed by atoms with van der Waals surface area (Å²) in [5, 5.41) is 15.6. The van der Waals surface area contributed by atoms with Crippen molar-refractivity contribution < 1.29 is 23.8 Å². The van der Waals surface area contributed by atoms with Crippen LogP contribution in [0, 0.1) is 5.82 Å². The lowest BCUT2D eigenvalue weighted by Gasteiger charge is -2.28. The lowest BCUT2D eigenvalue weighted by atomic mass is 10.0. The van der Waals surface area contributed by atoms with Crippen molar-refractivity contribution in [2.24, 2.45) is 0 Å². The van der Waals surface area contributed by atoms with Crippen molar-refractivity contribution in [3.05, 3.63) is 65.5 Å².